The molecule has 0 aromatic rings. The molecule has 0 spiro atoms. The van der Waals surface area contributed by atoms with Gasteiger partial charge in [-0.3, -0.25) is 4.79 Å². The number of carboxylic acid groups (broad SMARTS) is 1. The van der Waals surface area contributed by atoms with E-state index in [0.29, 0.717) is 12.5 Å². The summed E-state index contributed by atoms with van der Waals surface area (Å²) in [6.45, 7) is 3.65. The van der Waals surface area contributed by atoms with Crippen LogP contribution in [0.25, 0.3) is 0 Å². The molecule has 1 aliphatic rings. The normalized spacial score (nSPS) is 23.3. The van der Waals surface area contributed by atoms with E-state index in [9.17, 15) is 4.79 Å². The molecule has 3 N–H and O–H groups in total. The minimum Gasteiger partial charge on any atom is -0.480 e. The minimum atomic E-state index is -1.12. The van der Waals surface area contributed by atoms with Gasteiger partial charge in [-0.05, 0) is 40.2 Å². The number of hydrogen-bond donors (Lipinski definition) is 2. The molecule has 4 heteroatoms. The van der Waals surface area contributed by atoms with Crippen LogP contribution in [0.4, 0.5) is 0 Å². The van der Waals surface area contributed by atoms with Crippen LogP contribution in [0, 0.1) is 0 Å². The molecular weight excluding hydrogens is 204 g/mol. The third-order valence-electron chi connectivity index (χ3n) is 3.80. The van der Waals surface area contributed by atoms with Crippen molar-refractivity contribution in [3.63, 3.8) is 0 Å². The zero-order valence-corrected chi connectivity index (χ0v) is 10.6. The van der Waals surface area contributed by atoms with Gasteiger partial charge in [0, 0.05) is 12.1 Å². The Bertz CT molecular complexity index is 247. The lowest BCUT2D eigenvalue weighted by Crippen LogP contribution is -2.50. The molecule has 0 radical (unpaired) electrons. The molecule has 0 aromatic heterocycles. The molecule has 0 heterocycles. The lowest BCUT2D eigenvalue weighted by Gasteiger charge is -2.34. The van der Waals surface area contributed by atoms with Gasteiger partial charge in [-0.15, -0.1) is 0 Å². The summed E-state index contributed by atoms with van der Waals surface area (Å²) >= 11 is 0. The summed E-state index contributed by atoms with van der Waals surface area (Å²) in [5.41, 5.74) is 4.65. The van der Waals surface area contributed by atoms with E-state index < -0.39 is 11.5 Å². The fourth-order valence-electron chi connectivity index (χ4n) is 2.52. The summed E-state index contributed by atoms with van der Waals surface area (Å²) in [6.07, 6.45) is 5.54. The van der Waals surface area contributed by atoms with Gasteiger partial charge in [0.25, 0.3) is 0 Å². The Morgan fingerprint density at radius 3 is 2.50 bits per heavy atom. The van der Waals surface area contributed by atoms with Crippen LogP contribution in [0.2, 0.25) is 0 Å². The first-order valence-electron chi connectivity index (χ1n) is 6.09. The number of carboxylic acids is 1. The maximum absolute atomic E-state index is 11.0. The third kappa shape index (κ3) is 3.19. The van der Waals surface area contributed by atoms with Crippen molar-refractivity contribution < 1.29 is 9.90 Å². The van der Waals surface area contributed by atoms with Gasteiger partial charge in [-0.25, -0.2) is 0 Å². The summed E-state index contributed by atoms with van der Waals surface area (Å²) in [4.78, 5) is 13.2. The minimum absolute atomic E-state index is 0.217. The second-order valence-electron chi connectivity index (χ2n) is 5.38. The van der Waals surface area contributed by atoms with E-state index in [2.05, 4.69) is 18.9 Å². The maximum Gasteiger partial charge on any atom is 0.323 e. The summed E-state index contributed by atoms with van der Waals surface area (Å²) in [7, 11) is 2.08. The molecule has 0 aliphatic heterocycles. The summed E-state index contributed by atoms with van der Waals surface area (Å²) < 4.78 is 0. The molecule has 0 aromatic carbocycles. The molecule has 0 amide bonds. The largest absolute Gasteiger partial charge is 0.480 e. The molecule has 1 aliphatic carbocycles. The van der Waals surface area contributed by atoms with E-state index >= 15 is 0 Å². The van der Waals surface area contributed by atoms with Gasteiger partial charge in [0.1, 0.15) is 5.54 Å². The van der Waals surface area contributed by atoms with Crippen LogP contribution in [0.15, 0.2) is 0 Å². The molecule has 94 valence electrons. The van der Waals surface area contributed by atoms with Crippen LogP contribution >= 0.6 is 0 Å². The molecule has 1 saturated carbocycles. The van der Waals surface area contributed by atoms with Gasteiger partial charge in [-0.1, -0.05) is 12.8 Å². The van der Waals surface area contributed by atoms with Gasteiger partial charge in [0.2, 0.25) is 0 Å². The quantitative estimate of drug-likeness (QED) is 0.747. The SMILES string of the molecule is CC(CC(C)(N)C(=O)O)N(C)C1CCCC1. The summed E-state index contributed by atoms with van der Waals surface area (Å²) in [6, 6.07) is 0.828. The molecule has 4 nitrogen and oxygen atoms in total. The van der Waals surface area contributed by atoms with Crippen molar-refractivity contribution in [2.45, 2.75) is 63.6 Å². The van der Waals surface area contributed by atoms with Crippen molar-refractivity contribution in [3.8, 4) is 0 Å². The Morgan fingerprint density at radius 1 is 1.56 bits per heavy atom. The second-order valence-corrected chi connectivity index (χ2v) is 5.38. The van der Waals surface area contributed by atoms with E-state index in [1.54, 1.807) is 6.92 Å². The monoisotopic (exact) mass is 228 g/mol. The first-order valence-corrected chi connectivity index (χ1v) is 6.09. The maximum atomic E-state index is 11.0. The Balaban J connectivity index is 2.50. The number of nitrogens with zero attached hydrogens (tertiary/aromatic N) is 1. The molecular formula is C12H24N2O2. The average Bonchev–Trinajstić information content (AvgIpc) is 2.68. The first-order chi connectivity index (χ1) is 7.34. The Hall–Kier alpha value is -0.610. The molecule has 2 unspecified atom stereocenters. The number of rotatable bonds is 5. The Labute approximate surface area is 97.8 Å². The van der Waals surface area contributed by atoms with Gasteiger partial charge in [-0.2, -0.15) is 0 Å². The topological polar surface area (TPSA) is 66.6 Å². The summed E-state index contributed by atoms with van der Waals surface area (Å²) in [5, 5.41) is 8.99. The zero-order valence-electron chi connectivity index (χ0n) is 10.6. The highest BCUT2D eigenvalue weighted by Crippen LogP contribution is 2.25. The number of hydrogen-bond acceptors (Lipinski definition) is 3. The van der Waals surface area contributed by atoms with Crippen molar-refractivity contribution >= 4 is 5.97 Å². The number of aliphatic carboxylic acids is 1. The second kappa shape index (κ2) is 5.15. The molecule has 16 heavy (non-hydrogen) atoms. The number of nitrogens with two attached hydrogens (primary N) is 1. The Morgan fingerprint density at radius 2 is 2.06 bits per heavy atom. The molecule has 2 atom stereocenters. The molecule has 0 saturated heterocycles. The van der Waals surface area contributed by atoms with Crippen molar-refractivity contribution in [2.75, 3.05) is 7.05 Å². The van der Waals surface area contributed by atoms with Crippen LogP contribution in [0.3, 0.4) is 0 Å². The first kappa shape index (κ1) is 13.5. The predicted molar refractivity (Wildman–Crippen MR) is 64.3 cm³/mol. The smallest absolute Gasteiger partial charge is 0.323 e. The van der Waals surface area contributed by atoms with Gasteiger partial charge in [0.05, 0.1) is 0 Å². The lowest BCUT2D eigenvalue weighted by molar-refractivity contribution is -0.143. The van der Waals surface area contributed by atoms with Crippen molar-refractivity contribution in [2.24, 2.45) is 5.73 Å². The van der Waals surface area contributed by atoms with E-state index in [1.807, 2.05) is 0 Å². The lowest BCUT2D eigenvalue weighted by atomic mass is 9.93. The van der Waals surface area contributed by atoms with E-state index in [0.717, 1.165) is 0 Å². The Kier molecular flexibility index (Phi) is 4.33. The highest BCUT2D eigenvalue weighted by molar-refractivity contribution is 5.77. The third-order valence-corrected chi connectivity index (χ3v) is 3.80. The van der Waals surface area contributed by atoms with Gasteiger partial charge < -0.3 is 15.7 Å². The van der Waals surface area contributed by atoms with E-state index in [1.165, 1.54) is 25.7 Å². The fourth-order valence-corrected chi connectivity index (χ4v) is 2.52. The predicted octanol–water partition coefficient (Wildman–Crippen LogP) is 1.44. The average molecular weight is 228 g/mol. The summed E-state index contributed by atoms with van der Waals surface area (Å²) in [5.74, 6) is -0.917. The highest BCUT2D eigenvalue weighted by atomic mass is 16.4. The standard InChI is InChI=1S/C12H24N2O2/c1-9(8-12(2,13)11(15)16)14(3)10-6-4-5-7-10/h9-10H,4-8,13H2,1-3H3,(H,15,16). The highest BCUT2D eigenvalue weighted by Gasteiger charge is 2.33. The van der Waals surface area contributed by atoms with Crippen LogP contribution in [0.5, 0.6) is 0 Å². The van der Waals surface area contributed by atoms with E-state index in [4.69, 9.17) is 10.8 Å². The van der Waals surface area contributed by atoms with E-state index in [-0.39, 0.29) is 6.04 Å². The fraction of sp³-hybridized carbons (Fsp3) is 0.917. The van der Waals surface area contributed by atoms with Crippen molar-refractivity contribution in [3.05, 3.63) is 0 Å². The van der Waals surface area contributed by atoms with Crippen molar-refractivity contribution in [1.29, 1.82) is 0 Å². The van der Waals surface area contributed by atoms with Crippen molar-refractivity contribution in [1.82, 2.24) is 4.90 Å². The van der Waals surface area contributed by atoms with Gasteiger partial charge in [0.15, 0.2) is 0 Å². The van der Waals surface area contributed by atoms with Crippen LogP contribution in [0.1, 0.15) is 46.0 Å². The zero-order chi connectivity index (χ0) is 12.3. The molecule has 1 fully saturated rings. The molecule has 1 rings (SSSR count). The number of carbonyl (C=O) groups is 1. The van der Waals surface area contributed by atoms with Gasteiger partial charge >= 0.3 is 5.97 Å². The van der Waals surface area contributed by atoms with Crippen LogP contribution in [-0.4, -0.2) is 40.6 Å². The molecule has 0 bridgehead atoms. The van der Waals surface area contributed by atoms with Crippen LogP contribution < -0.4 is 5.73 Å². The van der Waals surface area contributed by atoms with Crippen LogP contribution in [-0.2, 0) is 4.79 Å².